The minimum atomic E-state index is -1.27. The maximum atomic E-state index is 12.6. The number of nitro benzene ring substituents is 1. The van der Waals surface area contributed by atoms with Crippen LogP contribution in [0.15, 0.2) is 35.9 Å². The number of ether oxygens (including phenoxy) is 2. The van der Waals surface area contributed by atoms with Crippen LogP contribution in [0.25, 0.3) is 0 Å². The van der Waals surface area contributed by atoms with Crippen molar-refractivity contribution in [1.82, 2.24) is 0 Å². The van der Waals surface area contributed by atoms with Gasteiger partial charge >= 0.3 is 11.9 Å². The van der Waals surface area contributed by atoms with Crippen LogP contribution in [0.5, 0.6) is 0 Å². The zero-order valence-electron chi connectivity index (χ0n) is 15.3. The number of non-ortho nitro benzene ring substituents is 1. The van der Waals surface area contributed by atoms with E-state index in [1.165, 1.54) is 24.3 Å². The van der Waals surface area contributed by atoms with E-state index in [0.717, 1.165) is 0 Å². The Morgan fingerprint density at radius 1 is 1.11 bits per heavy atom. The number of hydrogen-bond acceptors (Lipinski definition) is 7. The van der Waals surface area contributed by atoms with Crippen molar-refractivity contribution in [3.05, 3.63) is 51.6 Å². The van der Waals surface area contributed by atoms with E-state index in [4.69, 9.17) is 9.47 Å². The lowest BCUT2D eigenvalue weighted by atomic mass is 9.68. The number of rotatable bonds is 6. The van der Waals surface area contributed by atoms with Gasteiger partial charge in [0.25, 0.3) is 5.69 Å². The number of allylic oxidation sites excluding steroid dienone is 1. The minimum absolute atomic E-state index is 0.0665. The van der Waals surface area contributed by atoms with Gasteiger partial charge in [-0.2, -0.15) is 0 Å². The lowest BCUT2D eigenvalue weighted by Crippen LogP contribution is -2.41. The third kappa shape index (κ3) is 4.21. The Morgan fingerprint density at radius 3 is 2.26 bits per heavy atom. The normalized spacial score (nSPS) is 22.0. The van der Waals surface area contributed by atoms with E-state index in [9.17, 15) is 24.5 Å². The molecule has 0 bridgehead atoms. The summed E-state index contributed by atoms with van der Waals surface area (Å²) in [5, 5.41) is 11.1. The molecule has 144 valence electrons. The van der Waals surface area contributed by atoms with Crippen LogP contribution in [0, 0.1) is 22.0 Å². The molecule has 0 aliphatic heterocycles. The van der Waals surface area contributed by atoms with Crippen LogP contribution in [0.3, 0.4) is 0 Å². The Morgan fingerprint density at radius 2 is 1.70 bits per heavy atom. The molecule has 0 spiro atoms. The van der Waals surface area contributed by atoms with Crippen molar-refractivity contribution in [2.75, 3.05) is 13.2 Å². The Bertz CT molecular complexity index is 799. The molecule has 3 atom stereocenters. The number of carbonyl (C=O) groups is 3. The van der Waals surface area contributed by atoms with Crippen LogP contribution < -0.4 is 0 Å². The Kier molecular flexibility index (Phi) is 6.44. The fourth-order valence-electron chi connectivity index (χ4n) is 3.35. The number of esters is 2. The van der Waals surface area contributed by atoms with Crippen molar-refractivity contribution in [2.45, 2.75) is 26.7 Å². The van der Waals surface area contributed by atoms with Crippen molar-refractivity contribution in [1.29, 1.82) is 0 Å². The molecule has 1 aliphatic rings. The standard InChI is InChI=1S/C19H21NO7/c1-4-26-18(22)15-11(3)9-14(21)17(19(23)27-5-2)16(15)12-7-6-8-13(10-12)20(24)25/h6-10,15-17H,4-5H2,1-3H3/t15-,16+,17-/m0/s1. The monoisotopic (exact) mass is 375 g/mol. The molecule has 0 heterocycles. The summed E-state index contributed by atoms with van der Waals surface area (Å²) in [5.74, 6) is -4.99. The molecule has 0 N–H and O–H groups in total. The molecule has 8 heteroatoms. The molecule has 0 saturated carbocycles. The van der Waals surface area contributed by atoms with Crippen LogP contribution in [0.2, 0.25) is 0 Å². The third-order valence-corrected chi connectivity index (χ3v) is 4.43. The Hall–Kier alpha value is -3.03. The second-order valence-corrected chi connectivity index (χ2v) is 6.13. The van der Waals surface area contributed by atoms with E-state index < -0.39 is 40.4 Å². The summed E-state index contributed by atoms with van der Waals surface area (Å²) in [6, 6.07) is 5.59. The van der Waals surface area contributed by atoms with E-state index in [-0.39, 0.29) is 18.9 Å². The minimum Gasteiger partial charge on any atom is -0.466 e. The summed E-state index contributed by atoms with van der Waals surface area (Å²) >= 11 is 0. The first-order valence-electron chi connectivity index (χ1n) is 8.61. The highest BCUT2D eigenvalue weighted by Gasteiger charge is 2.48. The first-order chi connectivity index (χ1) is 12.8. The fourth-order valence-corrected chi connectivity index (χ4v) is 3.35. The highest BCUT2D eigenvalue weighted by molar-refractivity contribution is 6.08. The third-order valence-electron chi connectivity index (χ3n) is 4.43. The number of benzene rings is 1. The predicted molar refractivity (Wildman–Crippen MR) is 94.8 cm³/mol. The summed E-state index contributed by atoms with van der Waals surface area (Å²) in [4.78, 5) is 48.2. The molecular formula is C19H21NO7. The molecule has 27 heavy (non-hydrogen) atoms. The molecule has 0 amide bonds. The summed E-state index contributed by atoms with van der Waals surface area (Å²) in [7, 11) is 0. The summed E-state index contributed by atoms with van der Waals surface area (Å²) in [6.45, 7) is 5.05. The molecular weight excluding hydrogens is 354 g/mol. The second-order valence-electron chi connectivity index (χ2n) is 6.13. The molecule has 0 unspecified atom stereocenters. The van der Waals surface area contributed by atoms with E-state index >= 15 is 0 Å². The van der Waals surface area contributed by atoms with Gasteiger partial charge in [-0.15, -0.1) is 0 Å². The highest BCUT2D eigenvalue weighted by Crippen LogP contribution is 2.42. The summed E-state index contributed by atoms with van der Waals surface area (Å²) in [6.07, 6.45) is 1.25. The molecule has 0 fully saturated rings. The Balaban J connectivity index is 2.63. The van der Waals surface area contributed by atoms with Crippen molar-refractivity contribution >= 4 is 23.4 Å². The molecule has 1 aromatic rings. The largest absolute Gasteiger partial charge is 0.466 e. The van der Waals surface area contributed by atoms with Gasteiger partial charge in [0.15, 0.2) is 5.78 Å². The summed E-state index contributed by atoms with van der Waals surface area (Å²) in [5.41, 5.74) is 0.578. The van der Waals surface area contributed by atoms with Gasteiger partial charge in [-0.05, 0) is 32.4 Å². The zero-order valence-corrected chi connectivity index (χ0v) is 15.3. The van der Waals surface area contributed by atoms with Crippen LogP contribution >= 0.6 is 0 Å². The average molecular weight is 375 g/mol. The molecule has 0 aromatic heterocycles. The van der Waals surface area contributed by atoms with E-state index in [0.29, 0.717) is 11.1 Å². The Labute approximate surface area is 156 Å². The van der Waals surface area contributed by atoms with Crippen LogP contribution in [0.1, 0.15) is 32.3 Å². The van der Waals surface area contributed by atoms with Gasteiger partial charge in [0.05, 0.1) is 24.1 Å². The van der Waals surface area contributed by atoms with Crippen molar-refractivity contribution in [3.63, 3.8) is 0 Å². The number of carbonyl (C=O) groups excluding carboxylic acids is 3. The average Bonchev–Trinajstić information content (AvgIpc) is 2.61. The molecule has 1 aromatic carbocycles. The lowest BCUT2D eigenvalue weighted by molar-refractivity contribution is -0.384. The van der Waals surface area contributed by atoms with E-state index in [1.54, 1.807) is 26.8 Å². The first kappa shape index (κ1) is 20.3. The fraction of sp³-hybridized carbons (Fsp3) is 0.421. The molecule has 0 saturated heterocycles. The van der Waals surface area contributed by atoms with Crippen molar-refractivity contribution < 1.29 is 28.8 Å². The van der Waals surface area contributed by atoms with E-state index in [2.05, 4.69) is 0 Å². The van der Waals surface area contributed by atoms with Crippen LogP contribution in [0.4, 0.5) is 5.69 Å². The maximum absolute atomic E-state index is 12.6. The lowest BCUT2D eigenvalue weighted by Gasteiger charge is -2.34. The molecule has 1 aliphatic carbocycles. The van der Waals surface area contributed by atoms with E-state index in [1.807, 2.05) is 0 Å². The number of ketones is 1. The van der Waals surface area contributed by atoms with Gasteiger partial charge < -0.3 is 9.47 Å². The predicted octanol–water partition coefficient (Wildman–Crippen LogP) is 2.57. The second kappa shape index (κ2) is 8.57. The van der Waals surface area contributed by atoms with Crippen molar-refractivity contribution in [2.24, 2.45) is 11.8 Å². The molecule has 0 radical (unpaired) electrons. The highest BCUT2D eigenvalue weighted by atomic mass is 16.6. The summed E-state index contributed by atoms with van der Waals surface area (Å²) < 4.78 is 10.2. The smallest absolute Gasteiger partial charge is 0.317 e. The number of nitrogens with zero attached hydrogens (tertiary/aromatic N) is 1. The molecule has 8 nitrogen and oxygen atoms in total. The first-order valence-corrected chi connectivity index (χ1v) is 8.61. The van der Waals surface area contributed by atoms with Gasteiger partial charge in [0, 0.05) is 18.1 Å². The van der Waals surface area contributed by atoms with Gasteiger partial charge in [0.2, 0.25) is 0 Å². The SMILES string of the molecule is CCOC(=O)[C@H]1C(=O)C=C(C)[C@H](C(=O)OCC)[C@H]1c1cccc([N+](=O)[O-])c1. The van der Waals surface area contributed by atoms with Gasteiger partial charge in [-0.3, -0.25) is 24.5 Å². The molecule has 2 rings (SSSR count). The zero-order chi connectivity index (χ0) is 20.1. The van der Waals surface area contributed by atoms with Crippen LogP contribution in [-0.2, 0) is 23.9 Å². The van der Waals surface area contributed by atoms with Gasteiger partial charge in [-0.1, -0.05) is 17.7 Å². The maximum Gasteiger partial charge on any atom is 0.317 e. The van der Waals surface area contributed by atoms with Crippen LogP contribution in [-0.4, -0.2) is 35.9 Å². The van der Waals surface area contributed by atoms with Crippen molar-refractivity contribution in [3.8, 4) is 0 Å². The van der Waals surface area contributed by atoms with Gasteiger partial charge in [-0.25, -0.2) is 0 Å². The topological polar surface area (TPSA) is 113 Å². The van der Waals surface area contributed by atoms with Gasteiger partial charge in [0.1, 0.15) is 5.92 Å². The number of hydrogen-bond donors (Lipinski definition) is 0. The number of nitro groups is 1. The quantitative estimate of drug-likeness (QED) is 0.325.